The fourth-order valence-corrected chi connectivity index (χ4v) is 4.36. The fourth-order valence-electron chi connectivity index (χ4n) is 3.51. The number of ether oxygens (including phenoxy) is 1. The van der Waals surface area contributed by atoms with Crippen LogP contribution in [0, 0.1) is 5.41 Å². The molecule has 1 atom stereocenters. The number of amidine groups is 1. The molecule has 1 aromatic carbocycles. The first-order valence-corrected chi connectivity index (χ1v) is 9.82. The van der Waals surface area contributed by atoms with Crippen molar-refractivity contribution in [2.24, 2.45) is 0 Å². The summed E-state index contributed by atoms with van der Waals surface area (Å²) < 4.78 is 5.72. The van der Waals surface area contributed by atoms with E-state index in [4.69, 9.17) is 10.1 Å². The molecule has 0 aliphatic carbocycles. The topological polar surface area (TPSA) is 77.4 Å². The number of anilines is 2. The third kappa shape index (κ3) is 3.52. The van der Waals surface area contributed by atoms with Gasteiger partial charge in [0.15, 0.2) is 0 Å². The molecule has 2 aliphatic heterocycles. The fraction of sp³-hybridized carbons (Fsp3) is 0.500. The van der Waals surface area contributed by atoms with E-state index in [2.05, 4.69) is 50.4 Å². The van der Waals surface area contributed by atoms with Crippen molar-refractivity contribution in [3.63, 3.8) is 0 Å². The van der Waals surface area contributed by atoms with Crippen LogP contribution in [0.15, 0.2) is 18.2 Å². The van der Waals surface area contributed by atoms with Crippen molar-refractivity contribution in [1.82, 2.24) is 15.1 Å². The molecule has 0 bridgehead atoms. The number of fused-ring (bicyclic) bond motifs is 1. The van der Waals surface area contributed by atoms with Crippen LogP contribution in [0.4, 0.5) is 10.3 Å². The Bertz CT molecular complexity index is 799. The highest BCUT2D eigenvalue weighted by Crippen LogP contribution is 2.32. The average Bonchev–Trinajstić information content (AvgIpc) is 3.29. The third-order valence-electron chi connectivity index (χ3n) is 5.04. The Morgan fingerprint density at radius 2 is 2.08 bits per heavy atom. The van der Waals surface area contributed by atoms with Crippen molar-refractivity contribution in [3.05, 3.63) is 29.3 Å². The van der Waals surface area contributed by atoms with Crippen LogP contribution in [0.1, 0.15) is 31.0 Å². The Morgan fingerprint density at radius 1 is 1.27 bits per heavy atom. The predicted molar refractivity (Wildman–Crippen MR) is 105 cm³/mol. The highest BCUT2D eigenvalue weighted by Gasteiger charge is 2.25. The average molecular weight is 372 g/mol. The van der Waals surface area contributed by atoms with Gasteiger partial charge in [0.25, 0.3) is 0 Å². The van der Waals surface area contributed by atoms with Gasteiger partial charge in [-0.1, -0.05) is 23.5 Å². The van der Waals surface area contributed by atoms with E-state index in [1.165, 1.54) is 22.5 Å². The van der Waals surface area contributed by atoms with Gasteiger partial charge in [0.2, 0.25) is 10.3 Å². The molecule has 7 nitrogen and oxygen atoms in total. The van der Waals surface area contributed by atoms with E-state index >= 15 is 0 Å². The summed E-state index contributed by atoms with van der Waals surface area (Å²) in [5.74, 6) is 1.44. The Hall–Kier alpha value is -2.19. The molecule has 0 saturated carbocycles. The van der Waals surface area contributed by atoms with E-state index in [0.29, 0.717) is 17.0 Å². The molecule has 3 heterocycles. The van der Waals surface area contributed by atoms with Gasteiger partial charge in [0, 0.05) is 38.6 Å². The largest absolute Gasteiger partial charge is 0.493 e. The standard InChI is InChI=1S/C18H24N6OS/c1-12(15-4-3-14-5-10-25-16(14)11-15)23-6-8-24(9-7-23)18-22-21-17(26-18)20-13(2)19/h3-4,11-12H,5-10H2,1-2H3,(H2,19,20,21)/t12-/m0/s1. The van der Waals surface area contributed by atoms with Gasteiger partial charge in [-0.2, -0.15) is 0 Å². The lowest BCUT2D eigenvalue weighted by Crippen LogP contribution is -2.47. The van der Waals surface area contributed by atoms with Crippen molar-refractivity contribution in [3.8, 4) is 5.75 Å². The van der Waals surface area contributed by atoms with Crippen LogP contribution >= 0.6 is 11.3 Å². The molecule has 2 aromatic rings. The normalized spacial score (nSPS) is 18.3. The first-order chi connectivity index (χ1) is 12.6. The van der Waals surface area contributed by atoms with E-state index in [9.17, 15) is 0 Å². The van der Waals surface area contributed by atoms with Crippen LogP contribution in [0.5, 0.6) is 5.75 Å². The van der Waals surface area contributed by atoms with Crippen LogP contribution in [0.3, 0.4) is 0 Å². The number of benzene rings is 1. The Labute approximate surface area is 157 Å². The zero-order valence-electron chi connectivity index (χ0n) is 15.2. The van der Waals surface area contributed by atoms with Gasteiger partial charge in [-0.05, 0) is 31.0 Å². The second kappa shape index (κ2) is 7.20. The maximum absolute atomic E-state index is 7.49. The minimum Gasteiger partial charge on any atom is -0.493 e. The van der Waals surface area contributed by atoms with E-state index in [1.54, 1.807) is 6.92 Å². The quantitative estimate of drug-likeness (QED) is 0.635. The number of hydrogen-bond donors (Lipinski definition) is 2. The molecule has 0 radical (unpaired) electrons. The minimum atomic E-state index is 0.374. The van der Waals surface area contributed by atoms with Crippen molar-refractivity contribution < 1.29 is 4.74 Å². The maximum Gasteiger partial charge on any atom is 0.212 e. The summed E-state index contributed by atoms with van der Waals surface area (Å²) in [5, 5.41) is 20.4. The highest BCUT2D eigenvalue weighted by atomic mass is 32.1. The SMILES string of the molecule is CC(=N)Nc1nnc(N2CCN([C@@H](C)c3ccc4c(c3)OCC4)CC2)s1. The van der Waals surface area contributed by atoms with Crippen LogP contribution in [0.2, 0.25) is 0 Å². The van der Waals surface area contributed by atoms with E-state index in [0.717, 1.165) is 50.1 Å². The molecule has 26 heavy (non-hydrogen) atoms. The second-order valence-corrected chi connectivity index (χ2v) is 7.76. The molecular weight excluding hydrogens is 348 g/mol. The Balaban J connectivity index is 1.37. The van der Waals surface area contributed by atoms with Crippen LogP contribution in [0.25, 0.3) is 0 Å². The second-order valence-electron chi connectivity index (χ2n) is 6.80. The summed E-state index contributed by atoms with van der Waals surface area (Å²) in [4.78, 5) is 4.78. The van der Waals surface area contributed by atoms with Crippen molar-refractivity contribution in [2.75, 3.05) is 43.0 Å². The molecular formula is C18H24N6OS. The van der Waals surface area contributed by atoms with Gasteiger partial charge in [-0.25, -0.2) is 0 Å². The van der Waals surface area contributed by atoms with Crippen molar-refractivity contribution >= 4 is 27.4 Å². The lowest BCUT2D eigenvalue weighted by Gasteiger charge is -2.38. The van der Waals surface area contributed by atoms with Crippen molar-refractivity contribution in [1.29, 1.82) is 5.41 Å². The molecule has 2 aliphatic rings. The molecule has 1 fully saturated rings. The number of hydrogen-bond acceptors (Lipinski definition) is 7. The predicted octanol–water partition coefficient (Wildman–Crippen LogP) is 2.77. The molecule has 1 saturated heterocycles. The summed E-state index contributed by atoms with van der Waals surface area (Å²) in [6.07, 6.45) is 1.03. The van der Waals surface area contributed by atoms with Gasteiger partial charge in [0.1, 0.15) is 5.75 Å². The number of piperazine rings is 1. The van der Waals surface area contributed by atoms with Crippen LogP contribution < -0.4 is 15.0 Å². The minimum absolute atomic E-state index is 0.374. The molecule has 0 unspecified atom stereocenters. The summed E-state index contributed by atoms with van der Waals surface area (Å²) in [7, 11) is 0. The molecule has 0 spiro atoms. The molecule has 1 aromatic heterocycles. The lowest BCUT2D eigenvalue weighted by molar-refractivity contribution is 0.198. The van der Waals surface area contributed by atoms with Gasteiger partial charge in [0.05, 0.1) is 12.4 Å². The number of nitrogens with one attached hydrogen (secondary N) is 2. The zero-order valence-corrected chi connectivity index (χ0v) is 16.0. The molecule has 0 amide bonds. The molecule has 4 rings (SSSR count). The molecule has 2 N–H and O–H groups in total. The van der Waals surface area contributed by atoms with Crippen molar-refractivity contribution in [2.45, 2.75) is 26.3 Å². The lowest BCUT2D eigenvalue weighted by atomic mass is 10.0. The molecule has 8 heteroatoms. The monoisotopic (exact) mass is 372 g/mol. The number of rotatable bonds is 4. The van der Waals surface area contributed by atoms with Crippen LogP contribution in [-0.4, -0.2) is 53.7 Å². The number of aromatic nitrogens is 2. The first-order valence-electron chi connectivity index (χ1n) is 9.00. The summed E-state index contributed by atoms with van der Waals surface area (Å²) in [6, 6.07) is 7.04. The highest BCUT2D eigenvalue weighted by molar-refractivity contribution is 7.19. The maximum atomic E-state index is 7.49. The van der Waals surface area contributed by atoms with Gasteiger partial charge >= 0.3 is 0 Å². The third-order valence-corrected chi connectivity index (χ3v) is 5.94. The summed E-state index contributed by atoms with van der Waals surface area (Å²) >= 11 is 1.50. The molecule has 138 valence electrons. The van der Waals surface area contributed by atoms with E-state index < -0.39 is 0 Å². The van der Waals surface area contributed by atoms with E-state index in [1.807, 2.05) is 0 Å². The Morgan fingerprint density at radius 3 is 2.85 bits per heavy atom. The van der Waals surface area contributed by atoms with Gasteiger partial charge in [-0.3, -0.25) is 10.3 Å². The van der Waals surface area contributed by atoms with Gasteiger partial charge in [-0.15, -0.1) is 10.2 Å². The Kier molecular flexibility index (Phi) is 4.78. The van der Waals surface area contributed by atoms with Crippen LogP contribution in [-0.2, 0) is 6.42 Å². The smallest absolute Gasteiger partial charge is 0.212 e. The summed E-state index contributed by atoms with van der Waals surface area (Å²) in [5.41, 5.74) is 2.65. The van der Waals surface area contributed by atoms with Gasteiger partial charge < -0.3 is 15.0 Å². The van der Waals surface area contributed by atoms with E-state index in [-0.39, 0.29) is 0 Å². The summed E-state index contributed by atoms with van der Waals surface area (Å²) in [6.45, 7) is 8.63. The first kappa shape index (κ1) is 17.2. The number of nitrogens with zero attached hydrogens (tertiary/aromatic N) is 4. The zero-order chi connectivity index (χ0) is 18.1.